The Morgan fingerprint density at radius 3 is 1.86 bits per heavy atom. The fourth-order valence-electron chi connectivity index (χ4n) is 0.258. The van der Waals surface area contributed by atoms with E-state index in [0.717, 1.165) is 6.42 Å². The molecule has 0 aliphatic carbocycles. The van der Waals surface area contributed by atoms with E-state index in [2.05, 4.69) is 0 Å². The molecule has 2 N–H and O–H groups in total. The molecular formula is C4H11NaO2. The first-order valence-electron chi connectivity index (χ1n) is 2.13. The van der Waals surface area contributed by atoms with Crippen LogP contribution in [0.4, 0.5) is 0 Å². The maximum absolute atomic E-state index is 8.11. The number of aliphatic hydroxyl groups is 2. The van der Waals surface area contributed by atoms with Gasteiger partial charge in [0, 0.05) is 0 Å². The first kappa shape index (κ1) is 10.8. The predicted molar refractivity (Wildman–Crippen MR) is 30.3 cm³/mol. The zero-order chi connectivity index (χ0) is 4.99. The molecule has 0 amide bonds. The van der Waals surface area contributed by atoms with Crippen LogP contribution in [0.2, 0.25) is 0 Å². The molecule has 0 aliphatic rings. The average Bonchev–Trinajstić information content (AvgIpc) is 1.35. The van der Waals surface area contributed by atoms with Gasteiger partial charge in [-0.15, -0.1) is 0 Å². The maximum atomic E-state index is 8.11. The molecule has 2 nitrogen and oxygen atoms in total. The van der Waals surface area contributed by atoms with Crippen LogP contribution in [0.3, 0.4) is 0 Å². The summed E-state index contributed by atoms with van der Waals surface area (Å²) in [6.07, 6.45) is 0.215. The van der Waals surface area contributed by atoms with Crippen molar-refractivity contribution in [2.45, 2.75) is 26.1 Å². The van der Waals surface area contributed by atoms with Gasteiger partial charge in [0.2, 0.25) is 0 Å². The molecule has 0 rings (SSSR count). The molecule has 40 valence electrons. The zero-order valence-corrected chi connectivity index (χ0v) is 3.89. The third-order valence-corrected chi connectivity index (χ3v) is 0.547. The van der Waals surface area contributed by atoms with Gasteiger partial charge in [0.25, 0.3) is 0 Å². The number of hydrogen-bond acceptors (Lipinski definition) is 2. The van der Waals surface area contributed by atoms with Gasteiger partial charge in [-0.25, -0.2) is 0 Å². The van der Waals surface area contributed by atoms with Gasteiger partial charge in [0.1, 0.15) is 0 Å². The van der Waals surface area contributed by atoms with Crippen molar-refractivity contribution in [1.29, 1.82) is 0 Å². The Balaban J connectivity index is 0. The van der Waals surface area contributed by atoms with Crippen LogP contribution < -0.4 is 0 Å². The monoisotopic (exact) mass is 114 g/mol. The quantitative estimate of drug-likeness (QED) is 0.373. The summed E-state index contributed by atoms with van der Waals surface area (Å²) in [6, 6.07) is 0. The average molecular weight is 114 g/mol. The molecular weight excluding hydrogens is 103 g/mol. The summed E-state index contributed by atoms with van der Waals surface area (Å²) in [5.41, 5.74) is 0. The molecule has 0 atom stereocenters. The summed E-state index contributed by atoms with van der Waals surface area (Å²) in [6.45, 7) is 1.90. The fraction of sp³-hybridized carbons (Fsp3) is 1.00. The van der Waals surface area contributed by atoms with Gasteiger partial charge >= 0.3 is 29.6 Å². The molecule has 0 fully saturated rings. The van der Waals surface area contributed by atoms with Crippen LogP contribution in [0.5, 0.6) is 0 Å². The molecule has 0 saturated heterocycles. The van der Waals surface area contributed by atoms with Crippen LogP contribution in [0.1, 0.15) is 19.8 Å². The third-order valence-electron chi connectivity index (χ3n) is 0.547. The van der Waals surface area contributed by atoms with Gasteiger partial charge < -0.3 is 10.2 Å². The number of aliphatic hydroxyl groups excluding tert-OH is 1. The van der Waals surface area contributed by atoms with Gasteiger partial charge in [-0.05, 0) is 6.42 Å². The van der Waals surface area contributed by atoms with Crippen molar-refractivity contribution in [2.24, 2.45) is 0 Å². The minimum absolute atomic E-state index is 0. The minimum atomic E-state index is -1.10. The second-order valence-corrected chi connectivity index (χ2v) is 1.27. The van der Waals surface area contributed by atoms with Gasteiger partial charge in [-0.1, -0.05) is 13.3 Å². The van der Waals surface area contributed by atoms with E-state index in [-0.39, 0.29) is 29.6 Å². The molecule has 7 heavy (non-hydrogen) atoms. The van der Waals surface area contributed by atoms with Crippen LogP contribution in [0, 0.1) is 0 Å². The van der Waals surface area contributed by atoms with E-state index in [4.69, 9.17) is 10.2 Å². The van der Waals surface area contributed by atoms with E-state index in [9.17, 15) is 0 Å². The van der Waals surface area contributed by atoms with Gasteiger partial charge in [0.05, 0.1) is 0 Å². The van der Waals surface area contributed by atoms with E-state index >= 15 is 0 Å². The Bertz CT molecular complexity index is 30.9. The van der Waals surface area contributed by atoms with Crippen molar-refractivity contribution in [2.75, 3.05) is 0 Å². The van der Waals surface area contributed by atoms with Gasteiger partial charge in [-0.2, -0.15) is 0 Å². The number of hydrogen-bond donors (Lipinski definition) is 2. The molecule has 0 unspecified atom stereocenters. The van der Waals surface area contributed by atoms with E-state index < -0.39 is 6.29 Å². The Morgan fingerprint density at radius 2 is 1.86 bits per heavy atom. The van der Waals surface area contributed by atoms with Crippen molar-refractivity contribution in [3.63, 3.8) is 0 Å². The summed E-state index contributed by atoms with van der Waals surface area (Å²) in [5.74, 6) is 0. The molecule has 0 aliphatic heterocycles. The summed E-state index contributed by atoms with van der Waals surface area (Å²) >= 11 is 0. The molecule has 0 bridgehead atoms. The Morgan fingerprint density at radius 1 is 1.43 bits per heavy atom. The van der Waals surface area contributed by atoms with Crippen LogP contribution in [-0.4, -0.2) is 46.1 Å². The fourth-order valence-corrected chi connectivity index (χ4v) is 0.258. The molecule has 0 heterocycles. The second kappa shape index (κ2) is 6.92. The Kier molecular flexibility index (Phi) is 10.7. The van der Waals surface area contributed by atoms with Crippen molar-refractivity contribution in [1.82, 2.24) is 0 Å². The molecule has 0 saturated carbocycles. The van der Waals surface area contributed by atoms with E-state index in [0.29, 0.717) is 6.42 Å². The molecule has 3 heteroatoms. The third kappa shape index (κ3) is 10.9. The second-order valence-electron chi connectivity index (χ2n) is 1.27. The van der Waals surface area contributed by atoms with E-state index in [1.165, 1.54) is 0 Å². The van der Waals surface area contributed by atoms with Gasteiger partial charge in [0.15, 0.2) is 6.29 Å². The summed E-state index contributed by atoms with van der Waals surface area (Å²) in [5, 5.41) is 16.2. The van der Waals surface area contributed by atoms with Crippen LogP contribution >= 0.6 is 0 Å². The molecule has 0 aromatic heterocycles. The Labute approximate surface area is 65.8 Å². The van der Waals surface area contributed by atoms with Crippen LogP contribution in [-0.2, 0) is 0 Å². The van der Waals surface area contributed by atoms with Gasteiger partial charge in [-0.3, -0.25) is 0 Å². The van der Waals surface area contributed by atoms with E-state index in [1.807, 2.05) is 6.92 Å². The van der Waals surface area contributed by atoms with Crippen molar-refractivity contribution in [3.05, 3.63) is 0 Å². The molecule has 0 radical (unpaired) electrons. The molecule has 0 aromatic rings. The predicted octanol–water partition coefficient (Wildman–Crippen LogP) is -0.551. The van der Waals surface area contributed by atoms with Crippen LogP contribution in [0.25, 0.3) is 0 Å². The molecule has 0 aromatic carbocycles. The normalized spacial score (nSPS) is 8.57. The first-order valence-corrected chi connectivity index (χ1v) is 2.13. The molecule has 0 spiro atoms. The first-order chi connectivity index (χ1) is 2.77. The topological polar surface area (TPSA) is 40.5 Å². The zero-order valence-electron chi connectivity index (χ0n) is 3.89. The summed E-state index contributed by atoms with van der Waals surface area (Å²) in [4.78, 5) is 0. The van der Waals surface area contributed by atoms with Crippen molar-refractivity contribution < 1.29 is 10.2 Å². The summed E-state index contributed by atoms with van der Waals surface area (Å²) in [7, 11) is 0. The van der Waals surface area contributed by atoms with Crippen LogP contribution in [0.15, 0.2) is 0 Å². The standard InChI is InChI=1S/C4H10O2.Na.H/c1-2-3-4(5)6;;/h4-6H,2-3H2,1H3;;. The number of rotatable bonds is 2. The van der Waals surface area contributed by atoms with E-state index in [1.54, 1.807) is 0 Å². The van der Waals surface area contributed by atoms with Crippen molar-refractivity contribution >= 4 is 29.6 Å². The summed E-state index contributed by atoms with van der Waals surface area (Å²) < 4.78 is 0. The SMILES string of the molecule is CCCC(O)O.[NaH]. The Hall–Kier alpha value is 0.920. The van der Waals surface area contributed by atoms with Crippen molar-refractivity contribution in [3.8, 4) is 0 Å².